The van der Waals surface area contributed by atoms with Crippen LogP contribution in [0.25, 0.3) is 0 Å². The Balaban J connectivity index is 2.06. The van der Waals surface area contributed by atoms with Gasteiger partial charge in [-0.25, -0.2) is 4.79 Å². The number of Topliss-reactive ketones (excluding diaryl/α,β-unsaturated/α-hetero) is 1. The number of nitrogens with one attached hydrogen (secondary N) is 1. The maximum atomic E-state index is 13.6. The van der Waals surface area contributed by atoms with E-state index in [1.165, 1.54) is 7.11 Å². The minimum atomic E-state index is -0.910. The van der Waals surface area contributed by atoms with Crippen LogP contribution >= 0.6 is 23.4 Å². The zero-order valence-corrected chi connectivity index (χ0v) is 20.3. The van der Waals surface area contributed by atoms with Gasteiger partial charge in [0.1, 0.15) is 12.5 Å². The molecule has 1 heterocycles. The molecular formula is C24H28ClNO5S. The standard InChI is InChI=1S/C24H28ClNO5S/c1-5-32-11-10-31-24(29)19-14(3)26-17-12-13(2)18(23(28)30-4)22(27)21(17)20(19)15-6-8-16(25)9-7-15/h6-9,13,18,20,26H,5,10-12H2,1-4H3. The zero-order valence-electron chi connectivity index (χ0n) is 18.7. The highest BCUT2D eigenvalue weighted by Crippen LogP contribution is 2.45. The van der Waals surface area contributed by atoms with Crippen LogP contribution in [0.2, 0.25) is 5.02 Å². The number of hydrogen-bond acceptors (Lipinski definition) is 7. The Morgan fingerprint density at radius 1 is 1.25 bits per heavy atom. The monoisotopic (exact) mass is 477 g/mol. The fourth-order valence-electron chi connectivity index (χ4n) is 4.36. The Morgan fingerprint density at radius 3 is 2.56 bits per heavy atom. The topological polar surface area (TPSA) is 81.7 Å². The molecule has 0 aromatic heterocycles. The number of methoxy groups -OCH3 is 1. The molecule has 32 heavy (non-hydrogen) atoms. The van der Waals surface area contributed by atoms with Crippen LogP contribution in [-0.4, -0.2) is 42.9 Å². The largest absolute Gasteiger partial charge is 0.468 e. The van der Waals surface area contributed by atoms with Gasteiger partial charge < -0.3 is 14.8 Å². The summed E-state index contributed by atoms with van der Waals surface area (Å²) in [6, 6.07) is 7.05. The predicted octanol–water partition coefficient (Wildman–Crippen LogP) is 4.25. The Hall–Kier alpha value is -2.25. The molecule has 3 rings (SSSR count). The minimum absolute atomic E-state index is 0.223. The molecule has 2 aliphatic rings. The average Bonchev–Trinajstić information content (AvgIpc) is 2.76. The van der Waals surface area contributed by atoms with E-state index < -0.39 is 23.8 Å². The van der Waals surface area contributed by atoms with Gasteiger partial charge in [-0.1, -0.05) is 37.6 Å². The molecule has 3 atom stereocenters. The van der Waals surface area contributed by atoms with E-state index in [0.29, 0.717) is 34.0 Å². The first kappa shape index (κ1) is 24.4. The van der Waals surface area contributed by atoms with Crippen LogP contribution < -0.4 is 5.32 Å². The van der Waals surface area contributed by atoms with Gasteiger partial charge in [0.05, 0.1) is 12.7 Å². The van der Waals surface area contributed by atoms with E-state index in [2.05, 4.69) is 5.32 Å². The highest BCUT2D eigenvalue weighted by molar-refractivity contribution is 7.99. The van der Waals surface area contributed by atoms with Gasteiger partial charge in [-0.15, -0.1) is 0 Å². The fourth-order valence-corrected chi connectivity index (χ4v) is 4.97. The zero-order chi connectivity index (χ0) is 23.4. The van der Waals surface area contributed by atoms with Crippen molar-refractivity contribution in [3.05, 3.63) is 57.4 Å². The van der Waals surface area contributed by atoms with Gasteiger partial charge in [-0.3, -0.25) is 9.59 Å². The van der Waals surface area contributed by atoms with Crippen molar-refractivity contribution >= 4 is 41.1 Å². The lowest BCUT2D eigenvalue weighted by Gasteiger charge is -2.38. The number of benzene rings is 1. The van der Waals surface area contributed by atoms with Gasteiger partial charge in [0.25, 0.3) is 0 Å². The lowest BCUT2D eigenvalue weighted by Crippen LogP contribution is -2.43. The van der Waals surface area contributed by atoms with E-state index in [0.717, 1.165) is 17.0 Å². The van der Waals surface area contributed by atoms with Crippen molar-refractivity contribution in [1.29, 1.82) is 0 Å². The summed E-state index contributed by atoms with van der Waals surface area (Å²) in [4.78, 5) is 39.2. The van der Waals surface area contributed by atoms with Gasteiger partial charge in [0.15, 0.2) is 5.78 Å². The number of allylic oxidation sites excluding steroid dienone is 3. The van der Waals surface area contributed by atoms with Gasteiger partial charge in [-0.2, -0.15) is 11.8 Å². The Labute approximate surface area is 197 Å². The predicted molar refractivity (Wildman–Crippen MR) is 125 cm³/mol. The van der Waals surface area contributed by atoms with Crippen LogP contribution in [0.3, 0.4) is 0 Å². The summed E-state index contributed by atoms with van der Waals surface area (Å²) in [5, 5.41) is 3.80. The molecule has 0 amide bonds. The normalized spacial score (nSPS) is 22.9. The van der Waals surface area contributed by atoms with E-state index in [1.54, 1.807) is 36.0 Å². The fraction of sp³-hybridized carbons (Fsp3) is 0.458. The summed E-state index contributed by atoms with van der Waals surface area (Å²) in [5.74, 6) is -1.50. The molecule has 1 aliphatic carbocycles. The van der Waals surface area contributed by atoms with Crippen LogP contribution in [0.5, 0.6) is 0 Å². The minimum Gasteiger partial charge on any atom is -0.468 e. The SMILES string of the molecule is CCSCCOC(=O)C1=C(C)NC2=C(C(=O)C(C(=O)OC)C(C)C2)C1c1ccc(Cl)cc1. The Bertz CT molecular complexity index is 969. The van der Waals surface area contributed by atoms with E-state index >= 15 is 0 Å². The maximum absolute atomic E-state index is 13.6. The first-order chi connectivity index (χ1) is 15.3. The number of ketones is 1. The Morgan fingerprint density at radius 2 is 1.94 bits per heavy atom. The third-order valence-electron chi connectivity index (χ3n) is 5.83. The van der Waals surface area contributed by atoms with Crippen LogP contribution in [0.1, 0.15) is 38.7 Å². The molecule has 1 N–H and O–H groups in total. The summed E-state index contributed by atoms with van der Waals surface area (Å²) in [7, 11) is 1.28. The van der Waals surface area contributed by atoms with Crippen molar-refractivity contribution in [2.75, 3.05) is 25.2 Å². The molecule has 0 fully saturated rings. The molecule has 0 bridgehead atoms. The quantitative estimate of drug-likeness (QED) is 0.357. The van der Waals surface area contributed by atoms with Crippen LogP contribution in [0.4, 0.5) is 0 Å². The molecule has 1 aromatic rings. The second-order valence-electron chi connectivity index (χ2n) is 7.92. The number of halogens is 1. The molecule has 0 radical (unpaired) electrons. The number of carbonyl (C=O) groups excluding carboxylic acids is 3. The molecule has 1 aliphatic heterocycles. The molecule has 8 heteroatoms. The highest BCUT2D eigenvalue weighted by Gasteiger charge is 2.47. The number of ether oxygens (including phenoxy) is 2. The first-order valence-corrected chi connectivity index (χ1v) is 12.2. The molecule has 6 nitrogen and oxygen atoms in total. The van der Waals surface area contributed by atoms with Crippen molar-refractivity contribution in [2.45, 2.75) is 33.1 Å². The Kier molecular flexibility index (Phi) is 8.06. The number of thioether (sulfide) groups is 1. The number of esters is 2. The summed E-state index contributed by atoms with van der Waals surface area (Å²) >= 11 is 7.77. The average molecular weight is 478 g/mol. The van der Waals surface area contributed by atoms with Crippen LogP contribution in [0, 0.1) is 11.8 Å². The highest BCUT2D eigenvalue weighted by atomic mass is 35.5. The number of carbonyl (C=O) groups is 3. The lowest BCUT2D eigenvalue weighted by atomic mass is 9.69. The third-order valence-corrected chi connectivity index (χ3v) is 6.95. The summed E-state index contributed by atoms with van der Waals surface area (Å²) in [6.45, 7) is 5.99. The van der Waals surface area contributed by atoms with E-state index in [1.807, 2.05) is 20.8 Å². The molecular weight excluding hydrogens is 450 g/mol. The van der Waals surface area contributed by atoms with E-state index in [-0.39, 0.29) is 18.3 Å². The van der Waals surface area contributed by atoms with Gasteiger partial charge in [0.2, 0.25) is 0 Å². The smallest absolute Gasteiger partial charge is 0.336 e. The maximum Gasteiger partial charge on any atom is 0.336 e. The molecule has 172 valence electrons. The van der Waals surface area contributed by atoms with Crippen molar-refractivity contribution in [3.63, 3.8) is 0 Å². The summed E-state index contributed by atoms with van der Waals surface area (Å²) in [5.41, 5.74) is 2.91. The van der Waals surface area contributed by atoms with Crippen LogP contribution in [0.15, 0.2) is 46.8 Å². The number of hydrogen-bond donors (Lipinski definition) is 1. The molecule has 0 spiro atoms. The van der Waals surface area contributed by atoms with Gasteiger partial charge in [0, 0.05) is 33.7 Å². The van der Waals surface area contributed by atoms with Crippen molar-refractivity contribution in [2.24, 2.45) is 11.8 Å². The van der Waals surface area contributed by atoms with E-state index in [4.69, 9.17) is 21.1 Å². The molecule has 0 saturated heterocycles. The number of dihydropyridines is 1. The number of rotatable bonds is 7. The molecule has 3 unspecified atom stereocenters. The van der Waals surface area contributed by atoms with Crippen molar-refractivity contribution < 1.29 is 23.9 Å². The second-order valence-corrected chi connectivity index (χ2v) is 9.75. The van der Waals surface area contributed by atoms with Crippen molar-refractivity contribution in [1.82, 2.24) is 5.32 Å². The van der Waals surface area contributed by atoms with E-state index in [9.17, 15) is 14.4 Å². The van der Waals surface area contributed by atoms with Gasteiger partial charge >= 0.3 is 11.9 Å². The third kappa shape index (κ3) is 4.89. The molecule has 0 saturated carbocycles. The lowest BCUT2D eigenvalue weighted by molar-refractivity contribution is -0.151. The summed E-state index contributed by atoms with van der Waals surface area (Å²) in [6.07, 6.45) is 0.498. The second kappa shape index (κ2) is 10.6. The van der Waals surface area contributed by atoms with Crippen molar-refractivity contribution in [3.8, 4) is 0 Å². The summed E-state index contributed by atoms with van der Waals surface area (Å²) < 4.78 is 10.5. The van der Waals surface area contributed by atoms with Crippen LogP contribution in [-0.2, 0) is 23.9 Å². The van der Waals surface area contributed by atoms with Gasteiger partial charge in [-0.05, 0) is 42.7 Å². The first-order valence-electron chi connectivity index (χ1n) is 10.6. The molecule has 1 aromatic carbocycles.